The average Bonchev–Trinajstić information content (AvgIpc) is 2.43. The Morgan fingerprint density at radius 3 is 2.90 bits per heavy atom. The second kappa shape index (κ2) is 6.89. The van der Waals surface area contributed by atoms with Crippen LogP contribution < -0.4 is 5.32 Å². The third-order valence-corrected chi connectivity index (χ3v) is 4.54. The number of carbonyl (C=O) groups excluding carboxylic acids is 1. The Labute approximate surface area is 122 Å². The quantitative estimate of drug-likeness (QED) is 0.915. The van der Waals surface area contributed by atoms with E-state index in [1.807, 2.05) is 0 Å². The van der Waals surface area contributed by atoms with Crippen molar-refractivity contribution in [1.82, 2.24) is 10.2 Å². The van der Waals surface area contributed by atoms with Gasteiger partial charge >= 0.3 is 0 Å². The first-order chi connectivity index (χ1) is 9.58. The van der Waals surface area contributed by atoms with Gasteiger partial charge in [0, 0.05) is 19.0 Å². The zero-order chi connectivity index (χ0) is 14.5. The van der Waals surface area contributed by atoms with E-state index in [0.29, 0.717) is 19.0 Å². The Kier molecular flexibility index (Phi) is 5.18. The third kappa shape index (κ3) is 3.83. The fourth-order valence-corrected chi connectivity index (χ4v) is 2.89. The maximum Gasteiger partial charge on any atom is 0.221 e. The van der Waals surface area contributed by atoms with Gasteiger partial charge in [0.05, 0.1) is 0 Å². The second-order valence-corrected chi connectivity index (χ2v) is 5.97. The van der Waals surface area contributed by atoms with Gasteiger partial charge < -0.3 is 10.2 Å². The molecule has 0 radical (unpaired) electrons. The van der Waals surface area contributed by atoms with Crippen LogP contribution in [0.3, 0.4) is 0 Å². The van der Waals surface area contributed by atoms with Crippen molar-refractivity contribution in [3.8, 4) is 0 Å². The number of hydrogen-bond acceptors (Lipinski definition) is 2. The Bertz CT molecular complexity index is 470. The molecule has 1 N–H and O–H groups in total. The molecule has 1 aliphatic rings. The van der Waals surface area contributed by atoms with E-state index in [-0.39, 0.29) is 5.91 Å². The van der Waals surface area contributed by atoms with E-state index in [9.17, 15) is 4.79 Å². The van der Waals surface area contributed by atoms with E-state index in [1.54, 1.807) is 0 Å². The number of aryl methyl sites for hydroxylation is 1. The van der Waals surface area contributed by atoms with Gasteiger partial charge in [-0.3, -0.25) is 4.79 Å². The first kappa shape index (κ1) is 15.0. The van der Waals surface area contributed by atoms with Crippen LogP contribution in [0.2, 0.25) is 0 Å². The summed E-state index contributed by atoms with van der Waals surface area (Å²) in [5.74, 6) is 0.171. The van der Waals surface area contributed by atoms with Crippen LogP contribution in [0, 0.1) is 13.8 Å². The molecule has 1 aliphatic heterocycles. The zero-order valence-corrected chi connectivity index (χ0v) is 12.9. The number of carbonyl (C=O) groups is 1. The highest BCUT2D eigenvalue weighted by atomic mass is 16.1. The maximum atomic E-state index is 12.1. The predicted molar refractivity (Wildman–Crippen MR) is 82.6 cm³/mol. The number of piperidine rings is 1. The van der Waals surface area contributed by atoms with Crippen LogP contribution in [0.15, 0.2) is 18.2 Å². The standard InChI is InChI=1S/C17H26N2O/c1-13-7-6-8-15(14(13)2)12-18-17(20)11-16-9-4-5-10-19(16)3/h6-8,16H,4-5,9-12H2,1-3H3,(H,18,20)/t16-/m1/s1. The summed E-state index contributed by atoms with van der Waals surface area (Å²) in [5, 5.41) is 3.07. The number of nitrogens with one attached hydrogen (secondary N) is 1. The van der Waals surface area contributed by atoms with Crippen LogP contribution in [0.25, 0.3) is 0 Å². The van der Waals surface area contributed by atoms with Crippen molar-refractivity contribution in [3.63, 3.8) is 0 Å². The molecule has 1 aromatic rings. The Balaban J connectivity index is 1.84. The molecule has 0 unspecified atom stereocenters. The number of amides is 1. The van der Waals surface area contributed by atoms with Gasteiger partial charge in [0.1, 0.15) is 0 Å². The fraction of sp³-hybridized carbons (Fsp3) is 0.588. The summed E-state index contributed by atoms with van der Waals surface area (Å²) in [6.07, 6.45) is 4.28. The molecule has 1 amide bonds. The van der Waals surface area contributed by atoms with Crippen molar-refractivity contribution in [1.29, 1.82) is 0 Å². The van der Waals surface area contributed by atoms with Crippen LogP contribution in [0.1, 0.15) is 42.4 Å². The minimum Gasteiger partial charge on any atom is -0.352 e. The van der Waals surface area contributed by atoms with Gasteiger partial charge in [0.2, 0.25) is 5.91 Å². The largest absolute Gasteiger partial charge is 0.352 e. The Morgan fingerprint density at radius 2 is 2.15 bits per heavy atom. The molecule has 1 fully saturated rings. The molecule has 3 nitrogen and oxygen atoms in total. The highest BCUT2D eigenvalue weighted by Crippen LogP contribution is 2.18. The lowest BCUT2D eigenvalue weighted by Crippen LogP contribution is -2.40. The van der Waals surface area contributed by atoms with Gasteiger partial charge in [0.25, 0.3) is 0 Å². The summed E-state index contributed by atoms with van der Waals surface area (Å²) in [4.78, 5) is 14.4. The van der Waals surface area contributed by atoms with Crippen molar-refractivity contribution >= 4 is 5.91 Å². The van der Waals surface area contributed by atoms with Crippen LogP contribution in [-0.4, -0.2) is 30.4 Å². The minimum absolute atomic E-state index is 0.171. The van der Waals surface area contributed by atoms with Gasteiger partial charge in [-0.25, -0.2) is 0 Å². The first-order valence-corrected chi connectivity index (χ1v) is 7.60. The highest BCUT2D eigenvalue weighted by Gasteiger charge is 2.21. The van der Waals surface area contributed by atoms with Gasteiger partial charge in [-0.05, 0) is 57.0 Å². The summed E-state index contributed by atoms with van der Waals surface area (Å²) in [7, 11) is 2.13. The molecule has 2 rings (SSSR count). The predicted octanol–water partition coefficient (Wildman–Crippen LogP) is 2.79. The molecule has 110 valence electrons. The van der Waals surface area contributed by atoms with Crippen molar-refractivity contribution in [2.24, 2.45) is 0 Å². The smallest absolute Gasteiger partial charge is 0.221 e. The molecule has 20 heavy (non-hydrogen) atoms. The highest BCUT2D eigenvalue weighted by molar-refractivity contribution is 5.76. The number of benzene rings is 1. The second-order valence-electron chi connectivity index (χ2n) is 5.97. The van der Waals surface area contributed by atoms with Crippen molar-refractivity contribution in [2.75, 3.05) is 13.6 Å². The van der Waals surface area contributed by atoms with E-state index in [4.69, 9.17) is 0 Å². The third-order valence-electron chi connectivity index (χ3n) is 4.54. The topological polar surface area (TPSA) is 32.3 Å². The summed E-state index contributed by atoms with van der Waals surface area (Å²) in [6.45, 7) is 5.99. The molecule has 1 heterocycles. The molecule has 0 saturated carbocycles. The van der Waals surface area contributed by atoms with Crippen LogP contribution in [-0.2, 0) is 11.3 Å². The van der Waals surface area contributed by atoms with Gasteiger partial charge in [-0.2, -0.15) is 0 Å². The molecular weight excluding hydrogens is 248 g/mol. The summed E-state index contributed by atoms with van der Waals surface area (Å²) in [5.41, 5.74) is 3.78. The fourth-order valence-electron chi connectivity index (χ4n) is 2.89. The van der Waals surface area contributed by atoms with E-state index in [2.05, 4.69) is 49.3 Å². The molecule has 0 spiro atoms. The van der Waals surface area contributed by atoms with Crippen LogP contribution in [0.5, 0.6) is 0 Å². The lowest BCUT2D eigenvalue weighted by molar-refractivity contribution is -0.122. The molecular formula is C17H26N2O. The molecule has 1 aromatic carbocycles. The molecule has 1 atom stereocenters. The molecule has 0 aromatic heterocycles. The van der Waals surface area contributed by atoms with Crippen molar-refractivity contribution in [3.05, 3.63) is 34.9 Å². The van der Waals surface area contributed by atoms with Gasteiger partial charge in [0.15, 0.2) is 0 Å². The number of rotatable bonds is 4. The van der Waals surface area contributed by atoms with Crippen LogP contribution >= 0.6 is 0 Å². The normalized spacial score (nSPS) is 19.9. The summed E-state index contributed by atoms with van der Waals surface area (Å²) >= 11 is 0. The summed E-state index contributed by atoms with van der Waals surface area (Å²) < 4.78 is 0. The maximum absolute atomic E-state index is 12.1. The van der Waals surface area contributed by atoms with E-state index in [1.165, 1.54) is 29.5 Å². The first-order valence-electron chi connectivity index (χ1n) is 7.60. The Hall–Kier alpha value is -1.35. The number of hydrogen-bond donors (Lipinski definition) is 1. The lowest BCUT2D eigenvalue weighted by atomic mass is 9.99. The van der Waals surface area contributed by atoms with E-state index < -0.39 is 0 Å². The zero-order valence-electron chi connectivity index (χ0n) is 12.9. The lowest BCUT2D eigenvalue weighted by Gasteiger charge is -2.31. The van der Waals surface area contributed by atoms with Gasteiger partial charge in [-0.1, -0.05) is 24.6 Å². The number of nitrogens with zero attached hydrogens (tertiary/aromatic N) is 1. The van der Waals surface area contributed by atoms with Crippen molar-refractivity contribution < 1.29 is 4.79 Å². The number of likely N-dealkylation sites (tertiary alicyclic amines) is 1. The monoisotopic (exact) mass is 274 g/mol. The Morgan fingerprint density at radius 1 is 1.35 bits per heavy atom. The molecule has 3 heteroatoms. The average molecular weight is 274 g/mol. The molecule has 1 saturated heterocycles. The van der Waals surface area contributed by atoms with E-state index >= 15 is 0 Å². The van der Waals surface area contributed by atoms with Crippen LogP contribution in [0.4, 0.5) is 0 Å². The molecule has 0 aliphatic carbocycles. The molecule has 0 bridgehead atoms. The van der Waals surface area contributed by atoms with E-state index in [0.717, 1.165) is 13.0 Å². The minimum atomic E-state index is 0.171. The summed E-state index contributed by atoms with van der Waals surface area (Å²) in [6, 6.07) is 6.67. The van der Waals surface area contributed by atoms with Gasteiger partial charge in [-0.15, -0.1) is 0 Å². The van der Waals surface area contributed by atoms with Crippen molar-refractivity contribution in [2.45, 2.75) is 52.1 Å². The SMILES string of the molecule is Cc1cccc(CNC(=O)C[C@H]2CCCCN2C)c1C.